The molecule has 3 aliphatic carbocycles. The fourth-order valence-electron chi connectivity index (χ4n) is 6.23. The molecule has 9 nitrogen and oxygen atoms in total. The topological polar surface area (TPSA) is 101 Å². The van der Waals surface area contributed by atoms with Gasteiger partial charge in [-0.25, -0.2) is 0 Å². The Labute approximate surface area is 231 Å². The number of rotatable bonds is 2. The summed E-state index contributed by atoms with van der Waals surface area (Å²) in [4.78, 5) is 28.2. The van der Waals surface area contributed by atoms with Crippen molar-refractivity contribution in [2.75, 3.05) is 26.2 Å². The van der Waals surface area contributed by atoms with Crippen LogP contribution in [0.5, 0.6) is 5.75 Å². The highest BCUT2D eigenvalue weighted by atomic mass is 16.5. The normalized spacial score (nSPS) is 26.4. The second-order valence-corrected chi connectivity index (χ2v) is 12.0. The molecule has 2 aromatic rings. The van der Waals surface area contributed by atoms with Crippen molar-refractivity contribution in [1.29, 1.82) is 0 Å². The van der Waals surface area contributed by atoms with Gasteiger partial charge in [0.25, 0.3) is 5.91 Å². The number of hydrogen-bond acceptors (Lipinski definition) is 6. The standard InChI is InChI=1S/C30H42N6O3/c1-20-7-10-25-27(15-20)39-14-6-13-36-19-24(33-34-36)18-35(12-5-11-31-28(37)21(2)32-29(25)38)17-22-8-9-23-16-26(22)30(23,3)4/h7-8,10,15,19,21,23,26H,5-6,9,11-14,16-18H2,1-4H3,(H,31,37)(H,32,38)/t21-,23+,26+/m1/s1. The van der Waals surface area contributed by atoms with E-state index in [-0.39, 0.29) is 11.8 Å². The Kier molecular flexibility index (Phi) is 8.07. The number of nitrogens with one attached hydrogen (secondary N) is 2. The van der Waals surface area contributed by atoms with Crippen molar-refractivity contribution >= 4 is 11.8 Å². The molecule has 0 unspecified atom stereocenters. The Balaban J connectivity index is 1.29. The molecule has 1 aromatic carbocycles. The molecular weight excluding hydrogens is 492 g/mol. The average Bonchev–Trinajstić information content (AvgIpc) is 3.35. The van der Waals surface area contributed by atoms with E-state index in [1.54, 1.807) is 18.6 Å². The van der Waals surface area contributed by atoms with Crippen molar-refractivity contribution in [2.24, 2.45) is 17.3 Å². The minimum absolute atomic E-state index is 0.192. The van der Waals surface area contributed by atoms with Gasteiger partial charge in [-0.15, -0.1) is 5.10 Å². The first-order chi connectivity index (χ1) is 18.7. The first kappa shape index (κ1) is 27.4. The van der Waals surface area contributed by atoms with Crippen molar-refractivity contribution in [1.82, 2.24) is 30.5 Å². The van der Waals surface area contributed by atoms with Crippen LogP contribution in [0.3, 0.4) is 0 Å². The summed E-state index contributed by atoms with van der Waals surface area (Å²) < 4.78 is 7.88. The molecule has 1 saturated carbocycles. The number of ether oxygens (including phenoxy) is 1. The fourth-order valence-corrected chi connectivity index (χ4v) is 6.23. The molecule has 0 saturated heterocycles. The molecule has 39 heavy (non-hydrogen) atoms. The molecular formula is C30H42N6O3. The zero-order valence-corrected chi connectivity index (χ0v) is 23.7. The van der Waals surface area contributed by atoms with Crippen LogP contribution in [0.15, 0.2) is 36.0 Å². The Morgan fingerprint density at radius 1 is 1.18 bits per heavy atom. The summed E-state index contributed by atoms with van der Waals surface area (Å²) in [5, 5.41) is 14.6. The van der Waals surface area contributed by atoms with Gasteiger partial charge < -0.3 is 15.4 Å². The van der Waals surface area contributed by atoms with Crippen LogP contribution >= 0.6 is 0 Å². The number of hydrogen-bond donors (Lipinski definition) is 2. The third-order valence-corrected chi connectivity index (χ3v) is 8.82. The van der Waals surface area contributed by atoms with Crippen molar-refractivity contribution in [3.8, 4) is 5.75 Å². The Bertz CT molecular complexity index is 1240. The summed E-state index contributed by atoms with van der Waals surface area (Å²) >= 11 is 0. The Hall–Kier alpha value is -3.20. The fraction of sp³-hybridized carbons (Fsp3) is 0.600. The molecule has 2 amide bonds. The molecule has 3 atom stereocenters. The first-order valence-corrected chi connectivity index (χ1v) is 14.3. The second kappa shape index (κ2) is 11.5. The predicted octanol–water partition coefficient (Wildman–Crippen LogP) is 3.49. The van der Waals surface area contributed by atoms with Gasteiger partial charge in [-0.05, 0) is 68.1 Å². The van der Waals surface area contributed by atoms with E-state index in [4.69, 9.17) is 4.74 Å². The number of aromatic nitrogens is 3. The average molecular weight is 535 g/mol. The van der Waals surface area contributed by atoms with E-state index in [1.807, 2.05) is 29.9 Å². The number of nitrogens with zero attached hydrogens (tertiary/aromatic N) is 4. The maximum absolute atomic E-state index is 13.0. The number of fused-ring (bicyclic) bond motifs is 4. The molecule has 1 aromatic heterocycles. The minimum Gasteiger partial charge on any atom is -0.493 e. The predicted molar refractivity (Wildman–Crippen MR) is 149 cm³/mol. The highest BCUT2D eigenvalue weighted by molar-refractivity contribution is 5.99. The molecule has 210 valence electrons. The summed E-state index contributed by atoms with van der Waals surface area (Å²) in [5.41, 5.74) is 4.30. The third kappa shape index (κ3) is 6.19. The quantitative estimate of drug-likeness (QED) is 0.572. The van der Waals surface area contributed by atoms with Crippen LogP contribution in [0.4, 0.5) is 0 Å². The number of benzene rings is 1. The van der Waals surface area contributed by atoms with Crippen LogP contribution in [-0.2, 0) is 17.9 Å². The van der Waals surface area contributed by atoms with Crippen LogP contribution < -0.4 is 15.4 Å². The Morgan fingerprint density at radius 2 is 2.03 bits per heavy atom. The maximum Gasteiger partial charge on any atom is 0.255 e. The van der Waals surface area contributed by atoms with Gasteiger partial charge in [0.05, 0.1) is 17.9 Å². The molecule has 0 spiro atoms. The molecule has 1 fully saturated rings. The van der Waals surface area contributed by atoms with Crippen LogP contribution in [0.25, 0.3) is 0 Å². The molecule has 0 radical (unpaired) electrons. The van der Waals surface area contributed by atoms with Gasteiger partial charge in [0.2, 0.25) is 5.91 Å². The second-order valence-electron chi connectivity index (χ2n) is 12.0. The molecule has 4 aliphatic rings. The monoisotopic (exact) mass is 534 g/mol. The van der Waals surface area contributed by atoms with Gasteiger partial charge in [0.1, 0.15) is 11.8 Å². The lowest BCUT2D eigenvalue weighted by Crippen LogP contribution is -2.50. The van der Waals surface area contributed by atoms with Crippen molar-refractivity contribution in [2.45, 2.75) is 72.5 Å². The summed E-state index contributed by atoms with van der Waals surface area (Å²) in [6, 6.07) is 4.83. The molecule has 1 aliphatic heterocycles. The smallest absolute Gasteiger partial charge is 0.255 e. The zero-order valence-electron chi connectivity index (χ0n) is 23.7. The summed E-state index contributed by atoms with van der Waals surface area (Å²) in [5.74, 6) is 1.48. The molecule has 9 heteroatoms. The van der Waals surface area contributed by atoms with Gasteiger partial charge in [0.15, 0.2) is 0 Å². The third-order valence-electron chi connectivity index (χ3n) is 8.82. The maximum atomic E-state index is 13.0. The minimum atomic E-state index is -0.653. The van der Waals surface area contributed by atoms with E-state index in [2.05, 4.69) is 45.8 Å². The number of amides is 2. The van der Waals surface area contributed by atoms with Gasteiger partial charge in [-0.2, -0.15) is 0 Å². The molecule has 2 heterocycles. The first-order valence-electron chi connectivity index (χ1n) is 14.3. The van der Waals surface area contributed by atoms with Crippen molar-refractivity contribution in [3.63, 3.8) is 0 Å². The number of aryl methyl sites for hydroxylation is 2. The van der Waals surface area contributed by atoms with Crippen molar-refractivity contribution < 1.29 is 14.3 Å². The van der Waals surface area contributed by atoms with E-state index < -0.39 is 6.04 Å². The van der Waals surface area contributed by atoms with Crippen molar-refractivity contribution in [3.05, 3.63) is 52.9 Å². The van der Waals surface area contributed by atoms with E-state index >= 15 is 0 Å². The lowest BCUT2D eigenvalue weighted by Gasteiger charge is -2.57. The van der Waals surface area contributed by atoms with Gasteiger partial charge in [0, 0.05) is 45.3 Å². The number of carbonyl (C=O) groups excluding carboxylic acids is 2. The number of carbonyl (C=O) groups is 2. The summed E-state index contributed by atoms with van der Waals surface area (Å²) in [6.07, 6.45) is 8.49. The van der Waals surface area contributed by atoms with Gasteiger partial charge >= 0.3 is 0 Å². The largest absolute Gasteiger partial charge is 0.493 e. The van der Waals surface area contributed by atoms with Crippen LogP contribution in [0.1, 0.15) is 68.1 Å². The highest BCUT2D eigenvalue weighted by Crippen LogP contribution is 2.59. The van der Waals surface area contributed by atoms with Crippen LogP contribution in [0, 0.1) is 24.2 Å². The van der Waals surface area contributed by atoms with Crippen LogP contribution in [-0.4, -0.2) is 64.0 Å². The van der Waals surface area contributed by atoms with E-state index in [0.717, 1.165) is 49.7 Å². The molecule has 2 N–H and O–H groups in total. The molecule has 6 rings (SSSR count). The lowest BCUT2D eigenvalue weighted by molar-refractivity contribution is -0.122. The molecule has 4 bridgehead atoms. The van der Waals surface area contributed by atoms with Gasteiger partial charge in [-0.3, -0.25) is 19.2 Å². The summed E-state index contributed by atoms with van der Waals surface area (Å²) in [6.45, 7) is 12.6. The van der Waals surface area contributed by atoms with E-state index in [0.29, 0.717) is 42.3 Å². The highest BCUT2D eigenvalue weighted by Gasteiger charge is 2.51. The number of allylic oxidation sites excluding steroid dienone is 1. The zero-order chi connectivity index (χ0) is 27.6. The summed E-state index contributed by atoms with van der Waals surface area (Å²) in [7, 11) is 0. The Morgan fingerprint density at radius 3 is 2.82 bits per heavy atom. The van der Waals surface area contributed by atoms with E-state index in [9.17, 15) is 9.59 Å². The van der Waals surface area contributed by atoms with E-state index in [1.165, 1.54) is 12.8 Å². The van der Waals surface area contributed by atoms with Crippen LogP contribution in [0.2, 0.25) is 0 Å². The SMILES string of the molecule is Cc1ccc2c(c1)OCCCn1cc(nn1)CN(CC1=CC[C@H]3C[C@@H]1C3(C)C)CCCNC(=O)[C@@H](C)NC2=O. The van der Waals surface area contributed by atoms with Gasteiger partial charge in [-0.1, -0.05) is 36.8 Å². The lowest BCUT2D eigenvalue weighted by atomic mass is 9.49.